The maximum atomic E-state index is 11.2. The summed E-state index contributed by atoms with van der Waals surface area (Å²) in [6.45, 7) is 0. The van der Waals surface area contributed by atoms with Gasteiger partial charge in [0.1, 0.15) is 0 Å². The molecule has 25 heavy (non-hydrogen) atoms. The van der Waals surface area contributed by atoms with Crippen LogP contribution < -0.4 is 0 Å². The van der Waals surface area contributed by atoms with Crippen LogP contribution in [0.2, 0.25) is 0 Å². The third-order valence-electron chi connectivity index (χ3n) is 1.04. The Balaban J connectivity index is 5.21. The summed E-state index contributed by atoms with van der Waals surface area (Å²) in [6, 6.07) is 0. The van der Waals surface area contributed by atoms with E-state index < -0.39 is 46.9 Å². The van der Waals surface area contributed by atoms with Gasteiger partial charge >= 0.3 is 46.9 Å². The number of hydrogen-bond donors (Lipinski definition) is 8. The van der Waals surface area contributed by atoms with Crippen LogP contribution in [-0.4, -0.2) is 39.1 Å². The van der Waals surface area contributed by atoms with Gasteiger partial charge in [-0.25, -0.2) is 27.4 Å². The number of hydrogen-bond acceptors (Lipinski definition) is 11. The van der Waals surface area contributed by atoms with Crippen LogP contribution >= 0.6 is 46.9 Å². The summed E-state index contributed by atoms with van der Waals surface area (Å²) in [6.07, 6.45) is 0. The van der Waals surface area contributed by atoms with E-state index >= 15 is 0 Å². The largest absolute Gasteiger partial charge is 0.490 e. The van der Waals surface area contributed by atoms with Crippen LogP contribution in [0.5, 0.6) is 0 Å². The lowest BCUT2D eigenvalue weighted by molar-refractivity contribution is 0.184. The normalized spacial score (nSPS) is 23.0. The van der Waals surface area contributed by atoms with Gasteiger partial charge in [-0.3, -0.25) is 0 Å². The molecule has 0 aromatic carbocycles. The molecule has 8 N–H and O–H groups in total. The van der Waals surface area contributed by atoms with Crippen LogP contribution in [0.1, 0.15) is 0 Å². The van der Waals surface area contributed by atoms with E-state index in [4.69, 9.17) is 39.1 Å². The summed E-state index contributed by atoms with van der Waals surface area (Å²) in [5, 5.41) is 0. The Bertz CT molecular complexity index is 691. The molecule has 0 rings (SSSR count). The average Bonchev–Trinajstić information content (AvgIpc) is 1.97. The quantitative estimate of drug-likeness (QED) is 0.179. The highest BCUT2D eigenvalue weighted by Gasteiger charge is 2.48. The molecule has 0 amide bonds. The molecule has 0 aliphatic carbocycles. The van der Waals surface area contributed by atoms with E-state index in [2.05, 4.69) is 21.6 Å². The zero-order valence-electron chi connectivity index (χ0n) is 10.8. The van der Waals surface area contributed by atoms with E-state index in [0.29, 0.717) is 0 Å². The van der Waals surface area contributed by atoms with Crippen LogP contribution in [-0.2, 0) is 48.9 Å². The van der Waals surface area contributed by atoms with Crippen LogP contribution in [0.3, 0.4) is 0 Å². The van der Waals surface area contributed by atoms with Gasteiger partial charge in [0.2, 0.25) is 0 Å². The first kappa shape index (κ1) is 25.9. The molecule has 0 bridgehead atoms. The van der Waals surface area contributed by atoms with Crippen LogP contribution in [0, 0.1) is 0 Å². The Morgan fingerprint density at radius 3 is 0.680 bits per heavy atom. The Kier molecular flexibility index (Phi) is 8.35. The smallest absolute Gasteiger partial charge is 0.302 e. The van der Waals surface area contributed by atoms with Crippen molar-refractivity contribution in [1.82, 2.24) is 0 Å². The second-order valence-electron chi connectivity index (χ2n) is 3.26. The second-order valence-corrected chi connectivity index (χ2v) is 12.2. The van der Waals surface area contributed by atoms with Crippen LogP contribution in [0.25, 0.3) is 0 Å². The molecule has 0 radical (unpaired) electrons. The summed E-state index contributed by atoms with van der Waals surface area (Å²) < 4.78 is 80.4. The third-order valence-corrected chi connectivity index (χ3v) is 9.34. The van der Waals surface area contributed by atoms with E-state index in [1.54, 1.807) is 0 Å². The minimum absolute atomic E-state index is 3.04. The van der Waals surface area contributed by atoms with Crippen molar-refractivity contribution < 1.29 is 88.1 Å². The number of rotatable bonds is 10. The molecule has 0 spiro atoms. The van der Waals surface area contributed by atoms with Gasteiger partial charge in [0, 0.05) is 0 Å². The molecule has 4 unspecified atom stereocenters. The van der Waals surface area contributed by atoms with E-state index in [9.17, 15) is 27.4 Å². The maximum absolute atomic E-state index is 11.2. The lowest BCUT2D eigenvalue weighted by Crippen LogP contribution is -1.98. The molecular weight excluding hydrogens is 490 g/mol. The lowest BCUT2D eigenvalue weighted by Gasteiger charge is -2.19. The fourth-order valence-electron chi connectivity index (χ4n) is 0.720. The first-order valence-electron chi connectivity index (χ1n) is 4.52. The molecule has 0 heterocycles. The third kappa shape index (κ3) is 13.6. The molecule has 0 saturated heterocycles. The molecule has 19 nitrogen and oxygen atoms in total. The number of phosphoric acid groups is 6. The van der Waals surface area contributed by atoms with Gasteiger partial charge in [-0.1, -0.05) is 0 Å². The summed E-state index contributed by atoms with van der Waals surface area (Å²) in [7, 11) is -36.2. The van der Waals surface area contributed by atoms with Crippen molar-refractivity contribution in [2.24, 2.45) is 0 Å². The molecule has 0 aliphatic heterocycles. The van der Waals surface area contributed by atoms with Gasteiger partial charge in [-0.05, 0) is 0 Å². The summed E-state index contributed by atoms with van der Waals surface area (Å²) in [5.41, 5.74) is 0. The van der Waals surface area contributed by atoms with Gasteiger partial charge in [0.05, 0.1) is 0 Å². The van der Waals surface area contributed by atoms with Crippen LogP contribution in [0.15, 0.2) is 0 Å². The Labute approximate surface area is 136 Å². The summed E-state index contributed by atoms with van der Waals surface area (Å²) >= 11 is 0. The van der Waals surface area contributed by atoms with Crippen molar-refractivity contribution in [3.05, 3.63) is 0 Å². The van der Waals surface area contributed by atoms with Gasteiger partial charge in [0.15, 0.2) is 0 Å². The second kappa shape index (κ2) is 8.08. The fraction of sp³-hybridized carbons (Fsp3) is 0. The molecule has 4 atom stereocenters. The average molecular weight is 498 g/mol. The van der Waals surface area contributed by atoms with Crippen molar-refractivity contribution in [1.29, 1.82) is 0 Å². The summed E-state index contributed by atoms with van der Waals surface area (Å²) in [4.78, 5) is 68.1. The van der Waals surface area contributed by atoms with Gasteiger partial charge in [-0.15, -0.1) is 0 Å². The first-order valence-corrected chi connectivity index (χ1v) is 13.6. The van der Waals surface area contributed by atoms with Crippen molar-refractivity contribution in [2.45, 2.75) is 0 Å². The van der Waals surface area contributed by atoms with Crippen molar-refractivity contribution in [3.8, 4) is 0 Å². The predicted molar refractivity (Wildman–Crippen MR) is 68.8 cm³/mol. The Morgan fingerprint density at radius 1 is 0.360 bits per heavy atom. The summed E-state index contributed by atoms with van der Waals surface area (Å²) in [5.74, 6) is 0. The van der Waals surface area contributed by atoms with Crippen molar-refractivity contribution in [3.63, 3.8) is 0 Å². The van der Waals surface area contributed by atoms with Crippen molar-refractivity contribution >= 4 is 46.9 Å². The molecule has 0 aromatic heterocycles. The van der Waals surface area contributed by atoms with Gasteiger partial charge in [-0.2, -0.15) is 21.6 Å². The van der Waals surface area contributed by atoms with Gasteiger partial charge < -0.3 is 39.1 Å². The van der Waals surface area contributed by atoms with E-state index in [1.165, 1.54) is 0 Å². The Hall–Kier alpha value is 0.860. The highest BCUT2D eigenvalue weighted by Crippen LogP contribution is 2.74. The highest BCUT2D eigenvalue weighted by atomic mass is 31.3. The molecule has 0 aromatic rings. The maximum Gasteiger partial charge on any atom is 0.490 e. The minimum Gasteiger partial charge on any atom is -0.302 e. The first-order chi connectivity index (χ1) is 10.5. The van der Waals surface area contributed by atoms with E-state index in [1.807, 2.05) is 0 Å². The molecule has 0 aliphatic rings. The van der Waals surface area contributed by atoms with E-state index in [-0.39, 0.29) is 0 Å². The standard InChI is InChI=1S/H8O19P6/c1-20(2,3)15-22(7,8)17-24(11,12)19-25(13,14)18-23(9,10)16-21(4,5)6/h(H,7,8)(H,9,10)(H,11,12)(H,13,14)(H2,1,2,3)(H2,4,5,6). The molecule has 25 heteroatoms. The fourth-order valence-corrected chi connectivity index (χ4v) is 7.55. The SMILES string of the molecule is O=P(O)(O)OP(=O)(O)OP(=O)(O)OP(=O)(O)OP(=O)(O)OP(=O)(O)O. The van der Waals surface area contributed by atoms with Gasteiger partial charge in [0.25, 0.3) is 0 Å². The molecule has 0 fully saturated rings. The topological polar surface area (TPSA) is 310 Å². The lowest BCUT2D eigenvalue weighted by atomic mass is 15.7. The molecule has 152 valence electrons. The zero-order valence-corrected chi connectivity index (χ0v) is 16.1. The van der Waals surface area contributed by atoms with Crippen LogP contribution in [0.4, 0.5) is 0 Å². The van der Waals surface area contributed by atoms with Crippen molar-refractivity contribution in [2.75, 3.05) is 0 Å². The molecular formula is H8O19P6. The minimum atomic E-state index is -6.26. The Morgan fingerprint density at radius 2 is 0.520 bits per heavy atom. The monoisotopic (exact) mass is 498 g/mol. The highest BCUT2D eigenvalue weighted by molar-refractivity contribution is 7.72. The van der Waals surface area contributed by atoms with E-state index in [0.717, 1.165) is 0 Å². The predicted octanol–water partition coefficient (Wildman–Crippen LogP) is -0.344. The molecule has 0 saturated carbocycles. The zero-order chi connectivity index (χ0) is 20.5.